The minimum atomic E-state index is -0.312. The number of para-hydroxylation sites is 2. The lowest BCUT2D eigenvalue weighted by molar-refractivity contribution is -0.137. The normalized spacial score (nSPS) is 30.4. The molecule has 2 aromatic carbocycles. The summed E-state index contributed by atoms with van der Waals surface area (Å²) in [6.07, 6.45) is 5.21. The van der Waals surface area contributed by atoms with Crippen LogP contribution in [0.1, 0.15) is 11.1 Å². The average Bonchev–Trinajstić information content (AvgIpc) is 3.46. The van der Waals surface area contributed by atoms with Crippen molar-refractivity contribution in [2.24, 2.45) is 0 Å². The zero-order valence-corrected chi connectivity index (χ0v) is 18.5. The van der Waals surface area contributed by atoms with Gasteiger partial charge in [0.1, 0.15) is 0 Å². The van der Waals surface area contributed by atoms with E-state index >= 15 is 0 Å². The van der Waals surface area contributed by atoms with Crippen molar-refractivity contribution in [3.05, 3.63) is 72.1 Å². The van der Waals surface area contributed by atoms with Gasteiger partial charge in [-0.3, -0.25) is 20.2 Å². The molecule has 6 atom stereocenters. The Morgan fingerprint density at radius 1 is 0.588 bits per heavy atom. The molecule has 34 heavy (non-hydrogen) atoms. The summed E-state index contributed by atoms with van der Waals surface area (Å²) in [6, 6.07) is 15.6. The number of H-pyrrole nitrogens is 2. The second-order valence-electron chi connectivity index (χ2n) is 9.69. The molecular formula is C26H26N6O2. The van der Waals surface area contributed by atoms with Gasteiger partial charge in [0.05, 0.1) is 24.2 Å². The van der Waals surface area contributed by atoms with Gasteiger partial charge in [-0.2, -0.15) is 0 Å². The van der Waals surface area contributed by atoms with Crippen LogP contribution in [0.5, 0.6) is 0 Å². The Labute approximate surface area is 195 Å². The summed E-state index contributed by atoms with van der Waals surface area (Å²) in [5, 5.41) is 15.8. The first kappa shape index (κ1) is 19.8. The van der Waals surface area contributed by atoms with Gasteiger partial charge in [0, 0.05) is 46.3 Å². The van der Waals surface area contributed by atoms with Crippen LogP contribution in [0.15, 0.2) is 60.9 Å². The molecule has 2 aromatic heterocycles. The van der Waals surface area contributed by atoms with Gasteiger partial charge in [-0.1, -0.05) is 36.4 Å². The molecule has 1 aliphatic carbocycles. The van der Waals surface area contributed by atoms with Gasteiger partial charge in [-0.05, 0) is 36.1 Å². The molecule has 7 rings (SSSR count). The second-order valence-corrected chi connectivity index (χ2v) is 9.69. The molecule has 0 unspecified atom stereocenters. The van der Waals surface area contributed by atoms with Gasteiger partial charge in [0.25, 0.3) is 0 Å². The highest BCUT2D eigenvalue weighted by Gasteiger charge is 2.58. The molecule has 2 amide bonds. The summed E-state index contributed by atoms with van der Waals surface area (Å²) in [4.78, 5) is 32.4. The zero-order chi connectivity index (χ0) is 22.8. The van der Waals surface area contributed by atoms with Crippen molar-refractivity contribution in [2.75, 3.05) is 0 Å². The topological polar surface area (TPSA) is 114 Å². The van der Waals surface area contributed by atoms with E-state index in [1.54, 1.807) is 0 Å². The Balaban J connectivity index is 1.08. The van der Waals surface area contributed by atoms with Crippen molar-refractivity contribution in [1.29, 1.82) is 0 Å². The molecule has 3 fully saturated rings. The van der Waals surface area contributed by atoms with E-state index in [2.05, 4.69) is 43.4 Å². The average molecular weight is 455 g/mol. The summed E-state index contributed by atoms with van der Waals surface area (Å²) >= 11 is 0. The predicted molar refractivity (Wildman–Crippen MR) is 129 cm³/mol. The summed E-state index contributed by atoms with van der Waals surface area (Å²) < 4.78 is 0. The zero-order valence-electron chi connectivity index (χ0n) is 18.5. The molecule has 3 aliphatic rings. The van der Waals surface area contributed by atoms with Crippen molar-refractivity contribution in [3.8, 4) is 0 Å². The third kappa shape index (κ3) is 2.99. The number of aromatic nitrogens is 2. The van der Waals surface area contributed by atoms with E-state index in [9.17, 15) is 9.59 Å². The number of nitrogens with one attached hydrogen (secondary N) is 6. The summed E-state index contributed by atoms with van der Waals surface area (Å²) in [6.45, 7) is 0. The van der Waals surface area contributed by atoms with Crippen molar-refractivity contribution in [3.63, 3.8) is 0 Å². The molecule has 172 valence electrons. The maximum absolute atomic E-state index is 12.9. The van der Waals surface area contributed by atoms with E-state index in [1.807, 2.05) is 48.8 Å². The molecule has 4 aromatic rings. The third-order valence-electron chi connectivity index (χ3n) is 7.78. The molecule has 8 heteroatoms. The van der Waals surface area contributed by atoms with E-state index in [4.69, 9.17) is 0 Å². The molecule has 2 aliphatic heterocycles. The van der Waals surface area contributed by atoms with Crippen LogP contribution in [-0.2, 0) is 22.4 Å². The number of aromatic amines is 2. The van der Waals surface area contributed by atoms with Crippen molar-refractivity contribution < 1.29 is 9.59 Å². The van der Waals surface area contributed by atoms with Gasteiger partial charge < -0.3 is 20.6 Å². The maximum Gasteiger partial charge on any atom is 0.237 e. The molecule has 6 N–H and O–H groups in total. The maximum atomic E-state index is 12.9. The Morgan fingerprint density at radius 3 is 1.50 bits per heavy atom. The minimum absolute atomic E-state index is 0.0138. The fraction of sp³-hybridized carbons (Fsp3) is 0.308. The molecule has 2 saturated heterocycles. The molecule has 0 radical (unpaired) electrons. The number of carbonyl (C=O) groups excluding carboxylic acids is 2. The summed E-state index contributed by atoms with van der Waals surface area (Å²) in [5.41, 5.74) is 4.40. The molecule has 0 bridgehead atoms. The van der Waals surface area contributed by atoms with Crippen LogP contribution in [0.2, 0.25) is 0 Å². The summed E-state index contributed by atoms with van der Waals surface area (Å²) in [5.74, 6) is -0.0275. The van der Waals surface area contributed by atoms with Crippen molar-refractivity contribution in [1.82, 2.24) is 31.2 Å². The van der Waals surface area contributed by atoms with E-state index in [-0.39, 0.29) is 48.1 Å². The van der Waals surface area contributed by atoms with Crippen molar-refractivity contribution in [2.45, 2.75) is 49.1 Å². The molecule has 4 heterocycles. The minimum Gasteiger partial charge on any atom is -0.361 e. The highest BCUT2D eigenvalue weighted by molar-refractivity contribution is 5.89. The van der Waals surface area contributed by atoms with E-state index in [0.717, 1.165) is 32.9 Å². The van der Waals surface area contributed by atoms with Gasteiger partial charge in [-0.25, -0.2) is 0 Å². The fourth-order valence-corrected chi connectivity index (χ4v) is 6.01. The van der Waals surface area contributed by atoms with Crippen LogP contribution in [0.4, 0.5) is 0 Å². The lowest BCUT2D eigenvalue weighted by Crippen LogP contribution is -2.89. The Kier molecular flexibility index (Phi) is 4.34. The van der Waals surface area contributed by atoms with Gasteiger partial charge in [-0.15, -0.1) is 0 Å². The van der Waals surface area contributed by atoms with Crippen LogP contribution in [0.3, 0.4) is 0 Å². The molecule has 8 nitrogen and oxygen atoms in total. The number of fused-ring (bicyclic) bond motifs is 6. The van der Waals surface area contributed by atoms with Crippen LogP contribution in [0, 0.1) is 0 Å². The fourth-order valence-electron chi connectivity index (χ4n) is 6.01. The lowest BCUT2D eigenvalue weighted by atomic mass is 9.70. The summed E-state index contributed by atoms with van der Waals surface area (Å²) in [7, 11) is 0. The number of hydrogen-bond acceptors (Lipinski definition) is 4. The smallest absolute Gasteiger partial charge is 0.237 e. The number of rotatable bonds is 4. The van der Waals surface area contributed by atoms with Crippen LogP contribution < -0.4 is 21.3 Å². The molecule has 1 saturated carbocycles. The number of benzene rings is 2. The monoisotopic (exact) mass is 454 g/mol. The van der Waals surface area contributed by atoms with E-state index in [0.29, 0.717) is 12.8 Å². The Hall–Kier alpha value is -3.62. The molecular weight excluding hydrogens is 428 g/mol. The Morgan fingerprint density at radius 2 is 1.03 bits per heavy atom. The van der Waals surface area contributed by atoms with Crippen LogP contribution in [-0.4, -0.2) is 58.0 Å². The highest BCUT2D eigenvalue weighted by Crippen LogP contribution is 2.31. The van der Waals surface area contributed by atoms with Crippen molar-refractivity contribution >= 4 is 33.6 Å². The molecule has 0 spiro atoms. The van der Waals surface area contributed by atoms with Gasteiger partial charge in [0.2, 0.25) is 11.8 Å². The third-order valence-corrected chi connectivity index (χ3v) is 7.78. The number of amides is 2. The first-order valence-corrected chi connectivity index (χ1v) is 11.9. The predicted octanol–water partition coefficient (Wildman–Crippen LogP) is 1.10. The van der Waals surface area contributed by atoms with E-state index in [1.165, 1.54) is 0 Å². The SMILES string of the molecule is O=C1N[C@@H]2[C@H]3NC(=O)[C@H](Cc4c[nH]c5ccccc45)N[C@H]3[C@@H]2N[C@H]1Cc1c[nH]c2ccccc12. The van der Waals surface area contributed by atoms with Gasteiger partial charge in [0.15, 0.2) is 0 Å². The van der Waals surface area contributed by atoms with Gasteiger partial charge >= 0.3 is 0 Å². The standard InChI is InChI=1S/C26H26N6O2/c33-25-19(9-13-11-27-17-7-3-1-5-15(13)17)29-21-22-24(23(21)31-25)32-26(34)20(30-22)10-14-12-28-18-8-4-2-6-16(14)18/h1-8,11-12,19-24,27-30H,9-10H2,(H,31,33)(H,32,34)/t19-,20-,21-,22-,23-,24-/m0/s1. The second kappa shape index (κ2) is 7.44. The number of piperazine rings is 2. The Bertz CT molecular complexity index is 1310. The number of hydrogen-bond donors (Lipinski definition) is 6. The highest BCUT2D eigenvalue weighted by atomic mass is 16.2. The van der Waals surface area contributed by atoms with Crippen LogP contribution >= 0.6 is 0 Å². The first-order chi connectivity index (χ1) is 16.7. The quantitative estimate of drug-likeness (QED) is 0.277. The van der Waals surface area contributed by atoms with E-state index < -0.39 is 0 Å². The largest absolute Gasteiger partial charge is 0.361 e. The number of carbonyl (C=O) groups is 2. The van der Waals surface area contributed by atoms with Crippen LogP contribution in [0.25, 0.3) is 21.8 Å². The lowest BCUT2D eigenvalue weighted by Gasteiger charge is -2.59. The first-order valence-electron chi connectivity index (χ1n) is 11.9.